The summed E-state index contributed by atoms with van der Waals surface area (Å²) in [4.78, 5) is 14.4. The third kappa shape index (κ3) is 2.45. The van der Waals surface area contributed by atoms with Gasteiger partial charge in [-0.2, -0.15) is 0 Å². The van der Waals surface area contributed by atoms with E-state index in [0.717, 1.165) is 0 Å². The molecule has 0 radical (unpaired) electrons. The van der Waals surface area contributed by atoms with E-state index in [4.69, 9.17) is 0 Å². The number of carbonyl (C=O) groups is 1. The Labute approximate surface area is 69.7 Å². The summed E-state index contributed by atoms with van der Waals surface area (Å²) in [5.74, 6) is 0. The first kappa shape index (κ1) is 8.32. The third-order valence-electron chi connectivity index (χ3n) is 1.16. The zero-order valence-electron chi connectivity index (χ0n) is 6.57. The van der Waals surface area contributed by atoms with E-state index in [9.17, 15) is 4.79 Å². The van der Waals surface area contributed by atoms with Crippen LogP contribution in [0.25, 0.3) is 0 Å². The number of pyridine rings is 1. The summed E-state index contributed by atoms with van der Waals surface area (Å²) in [6.45, 7) is 0. The van der Waals surface area contributed by atoms with Crippen LogP contribution in [0.1, 0.15) is 0 Å². The van der Waals surface area contributed by atoms with Gasteiger partial charge in [-0.1, -0.05) is 0 Å². The van der Waals surface area contributed by atoms with Gasteiger partial charge in [0.25, 0.3) is 0 Å². The van der Waals surface area contributed by atoms with Gasteiger partial charge in [-0.3, -0.25) is 10.4 Å². The van der Waals surface area contributed by atoms with Crippen LogP contribution in [0.4, 0.5) is 10.5 Å². The average Bonchev–Trinajstić information content (AvgIpc) is 2.16. The highest BCUT2D eigenvalue weighted by Crippen LogP contribution is 1.99. The molecule has 1 rings (SSSR count). The lowest BCUT2D eigenvalue weighted by atomic mass is 10.4. The summed E-state index contributed by atoms with van der Waals surface area (Å²) in [5, 5.41) is 0. The number of anilines is 1. The molecule has 64 valence electrons. The molecule has 2 N–H and O–H groups in total. The fourth-order valence-electron chi connectivity index (χ4n) is 0.611. The van der Waals surface area contributed by atoms with Gasteiger partial charge < -0.3 is 4.74 Å². The monoisotopic (exact) mass is 167 g/mol. The van der Waals surface area contributed by atoms with Crippen LogP contribution in [-0.4, -0.2) is 18.2 Å². The molecule has 0 aliphatic heterocycles. The lowest BCUT2D eigenvalue weighted by molar-refractivity contribution is 0.173. The molecule has 0 bridgehead atoms. The Kier molecular flexibility index (Phi) is 2.89. The van der Waals surface area contributed by atoms with E-state index in [1.165, 1.54) is 7.11 Å². The number of carbonyl (C=O) groups excluding carboxylic acids is 1. The minimum absolute atomic E-state index is 0.543. The van der Waals surface area contributed by atoms with E-state index in [1.807, 2.05) is 0 Å². The maximum atomic E-state index is 10.6. The molecule has 5 heteroatoms. The Hall–Kier alpha value is -1.78. The first-order chi connectivity index (χ1) is 5.83. The topological polar surface area (TPSA) is 63.2 Å². The smallest absolute Gasteiger partial charge is 0.425 e. The van der Waals surface area contributed by atoms with E-state index in [1.54, 1.807) is 24.5 Å². The molecule has 0 fully saturated rings. The van der Waals surface area contributed by atoms with Gasteiger partial charge in [0, 0.05) is 6.20 Å². The molecule has 1 aromatic heterocycles. The van der Waals surface area contributed by atoms with Crippen molar-refractivity contribution in [3.63, 3.8) is 0 Å². The van der Waals surface area contributed by atoms with Gasteiger partial charge >= 0.3 is 6.09 Å². The number of rotatable bonds is 2. The molecule has 0 saturated carbocycles. The van der Waals surface area contributed by atoms with E-state index in [2.05, 4.69) is 20.6 Å². The summed E-state index contributed by atoms with van der Waals surface area (Å²) in [7, 11) is 1.29. The van der Waals surface area contributed by atoms with Crippen molar-refractivity contribution in [2.24, 2.45) is 0 Å². The molecule has 1 amide bonds. The fourth-order valence-corrected chi connectivity index (χ4v) is 0.611. The summed E-state index contributed by atoms with van der Waals surface area (Å²) in [6.07, 6.45) is 2.68. The van der Waals surface area contributed by atoms with Gasteiger partial charge in [-0.25, -0.2) is 10.2 Å². The maximum absolute atomic E-state index is 10.6. The molecule has 0 unspecified atom stereocenters. The zero-order valence-corrected chi connectivity index (χ0v) is 6.57. The van der Waals surface area contributed by atoms with E-state index in [0.29, 0.717) is 5.69 Å². The second-order valence-electron chi connectivity index (χ2n) is 1.98. The summed E-state index contributed by atoms with van der Waals surface area (Å²) in [6, 6.07) is 3.52. The van der Waals surface area contributed by atoms with Crippen LogP contribution in [0.3, 0.4) is 0 Å². The molecule has 0 atom stereocenters. The molecule has 1 aromatic rings. The predicted molar refractivity (Wildman–Crippen MR) is 43.4 cm³/mol. The number of nitrogens with zero attached hydrogens (tertiary/aromatic N) is 1. The number of hydrogen-bond donors (Lipinski definition) is 2. The molecule has 0 aromatic carbocycles. The third-order valence-corrected chi connectivity index (χ3v) is 1.16. The standard InChI is InChI=1S/C7H9N3O2/c1-12-7(11)10-9-6-3-2-4-8-5-6/h2-5,9H,1H3,(H,10,11). The molecular formula is C7H9N3O2. The normalized spacial score (nSPS) is 8.75. The SMILES string of the molecule is COC(=O)NNc1cccnc1. The second-order valence-corrected chi connectivity index (χ2v) is 1.98. The van der Waals surface area contributed by atoms with Crippen LogP contribution < -0.4 is 10.9 Å². The first-order valence-electron chi connectivity index (χ1n) is 3.33. The molecule has 12 heavy (non-hydrogen) atoms. The van der Waals surface area contributed by atoms with Crippen molar-refractivity contribution in [2.75, 3.05) is 12.5 Å². The van der Waals surface area contributed by atoms with Crippen molar-refractivity contribution in [3.05, 3.63) is 24.5 Å². The van der Waals surface area contributed by atoms with Crippen LogP contribution >= 0.6 is 0 Å². The molecule has 5 nitrogen and oxygen atoms in total. The molecule has 0 aliphatic rings. The van der Waals surface area contributed by atoms with E-state index < -0.39 is 6.09 Å². The van der Waals surface area contributed by atoms with Crippen LogP contribution in [0.2, 0.25) is 0 Å². The quantitative estimate of drug-likeness (QED) is 0.638. The van der Waals surface area contributed by atoms with Gasteiger partial charge in [0.2, 0.25) is 0 Å². The average molecular weight is 167 g/mol. The highest BCUT2D eigenvalue weighted by molar-refractivity contribution is 5.68. The van der Waals surface area contributed by atoms with Gasteiger partial charge in [0.15, 0.2) is 0 Å². The zero-order chi connectivity index (χ0) is 8.81. The lowest BCUT2D eigenvalue weighted by Gasteiger charge is -2.05. The molecule has 1 heterocycles. The van der Waals surface area contributed by atoms with Crippen molar-refractivity contribution in [2.45, 2.75) is 0 Å². The Morgan fingerprint density at radius 3 is 3.08 bits per heavy atom. The lowest BCUT2D eigenvalue weighted by Crippen LogP contribution is -2.28. The van der Waals surface area contributed by atoms with E-state index >= 15 is 0 Å². The van der Waals surface area contributed by atoms with Gasteiger partial charge in [0.1, 0.15) is 0 Å². The summed E-state index contributed by atoms with van der Waals surface area (Å²) >= 11 is 0. The number of methoxy groups -OCH3 is 1. The molecular weight excluding hydrogens is 158 g/mol. The van der Waals surface area contributed by atoms with Crippen molar-refractivity contribution in [1.29, 1.82) is 0 Å². The van der Waals surface area contributed by atoms with Crippen molar-refractivity contribution >= 4 is 11.8 Å². The number of hydrazine groups is 1. The van der Waals surface area contributed by atoms with Crippen LogP contribution in [-0.2, 0) is 4.74 Å². The highest BCUT2D eigenvalue weighted by Gasteiger charge is 1.95. The Bertz CT molecular complexity index is 250. The predicted octanol–water partition coefficient (Wildman–Crippen LogP) is 0.764. The van der Waals surface area contributed by atoms with Crippen LogP contribution in [0.5, 0.6) is 0 Å². The minimum Gasteiger partial charge on any atom is -0.452 e. The summed E-state index contributed by atoms with van der Waals surface area (Å²) in [5.41, 5.74) is 5.60. The number of ether oxygens (including phenoxy) is 1. The Balaban J connectivity index is 2.38. The van der Waals surface area contributed by atoms with Crippen molar-refractivity contribution < 1.29 is 9.53 Å². The van der Waals surface area contributed by atoms with E-state index in [-0.39, 0.29) is 0 Å². The number of aromatic nitrogens is 1. The molecule has 0 aliphatic carbocycles. The largest absolute Gasteiger partial charge is 0.452 e. The second kappa shape index (κ2) is 4.17. The number of nitrogens with one attached hydrogen (secondary N) is 2. The Morgan fingerprint density at radius 2 is 2.50 bits per heavy atom. The van der Waals surface area contributed by atoms with Crippen LogP contribution in [0.15, 0.2) is 24.5 Å². The van der Waals surface area contributed by atoms with Gasteiger partial charge in [0.05, 0.1) is 19.0 Å². The summed E-state index contributed by atoms with van der Waals surface area (Å²) < 4.78 is 4.34. The van der Waals surface area contributed by atoms with Gasteiger partial charge in [-0.05, 0) is 12.1 Å². The fraction of sp³-hybridized carbons (Fsp3) is 0.143. The van der Waals surface area contributed by atoms with Crippen molar-refractivity contribution in [1.82, 2.24) is 10.4 Å². The minimum atomic E-state index is -0.543. The maximum Gasteiger partial charge on any atom is 0.425 e. The number of hydrogen-bond acceptors (Lipinski definition) is 4. The van der Waals surface area contributed by atoms with Crippen molar-refractivity contribution in [3.8, 4) is 0 Å². The van der Waals surface area contributed by atoms with Gasteiger partial charge in [-0.15, -0.1) is 0 Å². The molecule has 0 spiro atoms. The molecule has 0 saturated heterocycles. The number of amides is 1. The van der Waals surface area contributed by atoms with Crippen LogP contribution in [0, 0.1) is 0 Å². The Morgan fingerprint density at radius 1 is 1.67 bits per heavy atom. The highest BCUT2D eigenvalue weighted by atomic mass is 16.5. The first-order valence-corrected chi connectivity index (χ1v) is 3.33.